The first-order chi connectivity index (χ1) is 11.7. The van der Waals surface area contributed by atoms with Crippen molar-refractivity contribution < 1.29 is 9.59 Å². The van der Waals surface area contributed by atoms with Gasteiger partial charge in [0.05, 0.1) is 0 Å². The third-order valence-corrected chi connectivity index (χ3v) is 4.84. The molecule has 0 atom stereocenters. The molecule has 1 fully saturated rings. The lowest BCUT2D eigenvalue weighted by atomic mass is 9.81. The number of hydrogen-bond donors (Lipinski definition) is 3. The van der Waals surface area contributed by atoms with Gasteiger partial charge in [0.15, 0.2) is 0 Å². The molecule has 0 aliphatic carbocycles. The van der Waals surface area contributed by atoms with Gasteiger partial charge < -0.3 is 16.0 Å². The lowest BCUT2D eigenvalue weighted by Gasteiger charge is -2.34. The number of rotatable bonds is 5. The summed E-state index contributed by atoms with van der Waals surface area (Å²) >= 11 is 0. The zero-order valence-corrected chi connectivity index (χ0v) is 17.1. The highest BCUT2D eigenvalue weighted by atomic mass is 35.5. The Morgan fingerprint density at radius 3 is 2.19 bits per heavy atom. The van der Waals surface area contributed by atoms with Crippen molar-refractivity contribution in [2.45, 2.75) is 47.1 Å². The van der Waals surface area contributed by atoms with E-state index in [1.54, 1.807) is 0 Å². The molecule has 3 N–H and O–H groups in total. The lowest BCUT2D eigenvalue weighted by molar-refractivity contribution is -0.128. The third kappa shape index (κ3) is 6.61. The van der Waals surface area contributed by atoms with E-state index in [0.29, 0.717) is 18.7 Å². The van der Waals surface area contributed by atoms with Crippen LogP contribution in [0, 0.1) is 10.8 Å². The van der Waals surface area contributed by atoms with Crippen LogP contribution in [0.25, 0.3) is 0 Å². The lowest BCUT2D eigenvalue weighted by Crippen LogP contribution is -2.42. The molecule has 0 saturated carbocycles. The first kappa shape index (κ1) is 22.5. The van der Waals surface area contributed by atoms with Crippen molar-refractivity contribution in [3.8, 4) is 0 Å². The minimum absolute atomic E-state index is 0. The molecule has 1 saturated heterocycles. The molecule has 1 aliphatic heterocycles. The van der Waals surface area contributed by atoms with Gasteiger partial charge in [0.25, 0.3) is 5.91 Å². The van der Waals surface area contributed by atoms with Crippen LogP contribution in [0.15, 0.2) is 24.3 Å². The second-order valence-electron chi connectivity index (χ2n) is 8.37. The summed E-state index contributed by atoms with van der Waals surface area (Å²) in [7, 11) is 0. The molecule has 1 aromatic carbocycles. The summed E-state index contributed by atoms with van der Waals surface area (Å²) in [5.74, 6) is -0.0189. The van der Waals surface area contributed by atoms with E-state index in [-0.39, 0.29) is 29.6 Å². The number of piperidine rings is 1. The first-order valence-electron chi connectivity index (χ1n) is 9.06. The van der Waals surface area contributed by atoms with Gasteiger partial charge in [0.1, 0.15) is 0 Å². The van der Waals surface area contributed by atoms with E-state index < -0.39 is 5.41 Å². The summed E-state index contributed by atoms with van der Waals surface area (Å²) in [4.78, 5) is 24.2. The fourth-order valence-corrected chi connectivity index (χ4v) is 2.82. The SMILES string of the molecule is CC1(CNC(=O)c2ccc(CNC(=O)C(C)(C)C)cc2)CCNCC1.Cl. The maximum Gasteiger partial charge on any atom is 0.251 e. The number of carbonyl (C=O) groups excluding carboxylic acids is 2. The molecule has 0 aromatic heterocycles. The summed E-state index contributed by atoms with van der Waals surface area (Å²) in [6, 6.07) is 7.42. The van der Waals surface area contributed by atoms with Crippen LogP contribution in [0.1, 0.15) is 56.5 Å². The predicted octanol–water partition coefficient (Wildman–Crippen LogP) is 2.89. The second-order valence-corrected chi connectivity index (χ2v) is 8.37. The molecule has 0 bridgehead atoms. The minimum Gasteiger partial charge on any atom is -0.352 e. The molecule has 0 spiro atoms. The van der Waals surface area contributed by atoms with Gasteiger partial charge in [-0.3, -0.25) is 9.59 Å². The van der Waals surface area contributed by atoms with Gasteiger partial charge in [-0.1, -0.05) is 39.8 Å². The molecule has 6 heteroatoms. The summed E-state index contributed by atoms with van der Waals surface area (Å²) in [5, 5.41) is 9.33. The number of halogens is 1. The van der Waals surface area contributed by atoms with Gasteiger partial charge >= 0.3 is 0 Å². The maximum absolute atomic E-state index is 12.3. The van der Waals surface area contributed by atoms with Crippen LogP contribution in [-0.4, -0.2) is 31.4 Å². The topological polar surface area (TPSA) is 70.2 Å². The molecule has 5 nitrogen and oxygen atoms in total. The van der Waals surface area contributed by atoms with Crippen LogP contribution < -0.4 is 16.0 Å². The van der Waals surface area contributed by atoms with E-state index in [4.69, 9.17) is 0 Å². The Morgan fingerprint density at radius 2 is 1.65 bits per heavy atom. The molecule has 26 heavy (non-hydrogen) atoms. The Balaban J connectivity index is 0.00000338. The number of benzene rings is 1. The van der Waals surface area contributed by atoms with Gasteiger partial charge in [0, 0.05) is 24.1 Å². The molecule has 146 valence electrons. The number of amides is 2. The fraction of sp³-hybridized carbons (Fsp3) is 0.600. The minimum atomic E-state index is -0.398. The van der Waals surface area contributed by atoms with Crippen LogP contribution in [0.4, 0.5) is 0 Å². The summed E-state index contributed by atoms with van der Waals surface area (Å²) in [5.41, 5.74) is 1.42. The molecular formula is C20H32ClN3O2. The Morgan fingerprint density at radius 1 is 1.08 bits per heavy atom. The molecule has 2 amide bonds. The highest BCUT2D eigenvalue weighted by Gasteiger charge is 2.27. The van der Waals surface area contributed by atoms with Crippen molar-refractivity contribution >= 4 is 24.2 Å². The Bertz CT molecular complexity index is 602. The van der Waals surface area contributed by atoms with Crippen LogP contribution >= 0.6 is 12.4 Å². The van der Waals surface area contributed by atoms with Crippen molar-refractivity contribution in [3.05, 3.63) is 35.4 Å². The van der Waals surface area contributed by atoms with Crippen molar-refractivity contribution in [3.63, 3.8) is 0 Å². The van der Waals surface area contributed by atoms with E-state index in [1.807, 2.05) is 45.0 Å². The summed E-state index contributed by atoms with van der Waals surface area (Å²) in [6.45, 7) is 11.1. The molecule has 1 aromatic rings. The van der Waals surface area contributed by atoms with E-state index in [0.717, 1.165) is 31.5 Å². The molecule has 2 rings (SSSR count). The standard InChI is InChI=1S/C20H31N3O2.ClH/c1-19(2,3)18(25)22-13-15-5-7-16(8-6-15)17(24)23-14-20(4)9-11-21-12-10-20;/h5-8,21H,9-14H2,1-4H3,(H,22,25)(H,23,24);1H. The normalized spacial score (nSPS) is 16.3. The quantitative estimate of drug-likeness (QED) is 0.734. The average molecular weight is 382 g/mol. The first-order valence-corrected chi connectivity index (χ1v) is 9.06. The van der Waals surface area contributed by atoms with E-state index in [9.17, 15) is 9.59 Å². The summed E-state index contributed by atoms with van der Waals surface area (Å²) < 4.78 is 0. The Hall–Kier alpha value is -1.59. The molecule has 0 unspecified atom stereocenters. The third-order valence-electron chi connectivity index (χ3n) is 4.84. The molecule has 0 radical (unpaired) electrons. The molecular weight excluding hydrogens is 350 g/mol. The van der Waals surface area contributed by atoms with Crippen LogP contribution in [0.2, 0.25) is 0 Å². The number of carbonyl (C=O) groups is 2. The van der Waals surface area contributed by atoms with Crippen molar-refractivity contribution in [1.82, 2.24) is 16.0 Å². The van der Waals surface area contributed by atoms with E-state index >= 15 is 0 Å². The van der Waals surface area contributed by atoms with Crippen molar-refractivity contribution in [2.24, 2.45) is 10.8 Å². The molecule has 1 aliphatic rings. The van der Waals surface area contributed by atoms with Gasteiger partial charge in [0.2, 0.25) is 5.91 Å². The monoisotopic (exact) mass is 381 g/mol. The van der Waals surface area contributed by atoms with Gasteiger partial charge in [-0.2, -0.15) is 0 Å². The van der Waals surface area contributed by atoms with Crippen LogP contribution in [0.3, 0.4) is 0 Å². The number of nitrogens with one attached hydrogen (secondary N) is 3. The average Bonchev–Trinajstić information content (AvgIpc) is 2.58. The van der Waals surface area contributed by atoms with Gasteiger partial charge in [-0.05, 0) is 49.0 Å². The zero-order chi connectivity index (χ0) is 18.5. The number of hydrogen-bond acceptors (Lipinski definition) is 3. The van der Waals surface area contributed by atoms with Crippen LogP contribution in [0.5, 0.6) is 0 Å². The van der Waals surface area contributed by atoms with E-state index in [2.05, 4.69) is 22.9 Å². The highest BCUT2D eigenvalue weighted by molar-refractivity contribution is 5.94. The predicted molar refractivity (Wildman–Crippen MR) is 108 cm³/mol. The van der Waals surface area contributed by atoms with Crippen molar-refractivity contribution in [2.75, 3.05) is 19.6 Å². The van der Waals surface area contributed by atoms with Gasteiger partial charge in [-0.25, -0.2) is 0 Å². The zero-order valence-electron chi connectivity index (χ0n) is 16.3. The highest BCUT2D eigenvalue weighted by Crippen LogP contribution is 2.26. The second kappa shape index (κ2) is 9.38. The Kier molecular flexibility index (Phi) is 8.10. The van der Waals surface area contributed by atoms with E-state index in [1.165, 1.54) is 0 Å². The van der Waals surface area contributed by atoms with Crippen molar-refractivity contribution in [1.29, 1.82) is 0 Å². The smallest absolute Gasteiger partial charge is 0.251 e. The fourth-order valence-electron chi connectivity index (χ4n) is 2.82. The van der Waals surface area contributed by atoms with Gasteiger partial charge in [-0.15, -0.1) is 12.4 Å². The Labute approximate surface area is 163 Å². The van der Waals surface area contributed by atoms with Crippen LogP contribution in [-0.2, 0) is 11.3 Å². The molecule has 1 heterocycles. The maximum atomic E-state index is 12.3. The summed E-state index contributed by atoms with van der Waals surface area (Å²) in [6.07, 6.45) is 2.17. The largest absolute Gasteiger partial charge is 0.352 e.